The summed E-state index contributed by atoms with van der Waals surface area (Å²) < 4.78 is 55.1. The fourth-order valence-electron chi connectivity index (χ4n) is 8.84. The number of likely N-dealkylation sites (N-methyl/N-ethyl adjacent to an activating group) is 1. The van der Waals surface area contributed by atoms with Gasteiger partial charge in [0.25, 0.3) is 5.91 Å². The number of ether oxygens (including phenoxy) is 9. The van der Waals surface area contributed by atoms with Crippen LogP contribution in [0.3, 0.4) is 0 Å². The normalized spacial score (nSPS) is 14.3. The fraction of sp³-hybridized carbons (Fsp3) is 0.851. The number of hydrogen-bond acceptors (Lipinski definition) is 22. The van der Waals surface area contributed by atoms with Crippen LogP contribution in [-0.4, -0.2) is 203 Å². The predicted octanol–water partition coefficient (Wildman–Crippen LogP) is 26.6. The second-order valence-electron chi connectivity index (χ2n) is 53.1. The summed E-state index contributed by atoms with van der Waals surface area (Å²) in [5.41, 5.74) is -3.89. The van der Waals surface area contributed by atoms with E-state index in [4.69, 9.17) is 67.5 Å². The number of carboxylic acids is 3. The molecule has 0 bridgehead atoms. The second-order valence-corrected chi connectivity index (χ2v) is 53.1. The van der Waals surface area contributed by atoms with Crippen molar-refractivity contribution in [1.82, 2.24) is 5.32 Å². The molecule has 2 saturated carbocycles. The predicted molar refractivity (Wildman–Crippen MR) is 575 cm³/mol. The number of carboxylic acid groups (broad SMARTS) is 3. The first-order valence-electron chi connectivity index (χ1n) is 49.7. The number of allylic oxidation sites excluding steroid dienone is 1. The van der Waals surface area contributed by atoms with E-state index >= 15 is 0 Å². The Labute approximate surface area is 856 Å². The highest BCUT2D eigenvalue weighted by atomic mass is 16.5. The molecule has 5 N–H and O–H groups in total. The van der Waals surface area contributed by atoms with Crippen molar-refractivity contribution < 1.29 is 120 Å². The smallest absolute Gasteiger partial charge is 0.329 e. The lowest BCUT2D eigenvalue weighted by Gasteiger charge is -2.41. The van der Waals surface area contributed by atoms with Crippen LogP contribution in [0.2, 0.25) is 0 Å². The number of rotatable bonds is 33. The summed E-state index contributed by atoms with van der Waals surface area (Å²) in [7, 11) is 1.62. The number of aliphatic hydroxyl groups excluding tert-OH is 1. The molecule has 1 aromatic heterocycles. The lowest BCUT2D eigenvalue weighted by atomic mass is 9.77. The summed E-state index contributed by atoms with van der Waals surface area (Å²) in [4.78, 5) is 120. The number of carbonyl (C=O) groups is 11. The first kappa shape index (κ1) is 154. The largest absolute Gasteiger partial charge is 0.481 e. The van der Waals surface area contributed by atoms with Gasteiger partial charge in [-0.25, -0.2) is 9.59 Å². The zero-order valence-corrected chi connectivity index (χ0v) is 99.8. The molecule has 1 unspecified atom stereocenters. The van der Waals surface area contributed by atoms with Crippen molar-refractivity contribution in [2.45, 2.75) is 503 Å². The van der Waals surface area contributed by atoms with E-state index in [2.05, 4.69) is 213 Å². The van der Waals surface area contributed by atoms with Gasteiger partial charge in [0.05, 0.1) is 64.9 Å². The van der Waals surface area contributed by atoms with Gasteiger partial charge in [-0.1, -0.05) is 263 Å². The molecule has 3 rings (SSSR count). The number of furan rings is 1. The minimum absolute atomic E-state index is 0. The third kappa shape index (κ3) is 89.8. The molecule has 26 heteroatoms. The summed E-state index contributed by atoms with van der Waals surface area (Å²) in [5, 5.41) is 36.0. The van der Waals surface area contributed by atoms with Crippen molar-refractivity contribution in [3.8, 4) is 0 Å². The zero-order valence-electron chi connectivity index (χ0n) is 99.8. The molecule has 1 atom stereocenters. The monoisotopic (exact) mass is 2000 g/mol. The zero-order chi connectivity index (χ0) is 113. The first-order chi connectivity index (χ1) is 61.2. The number of nitrogens with one attached hydrogen (secondary N) is 1. The molecule has 832 valence electrons. The van der Waals surface area contributed by atoms with Gasteiger partial charge in [-0.05, 0) is 256 Å². The number of amides is 1. The molecule has 1 amide bonds. The lowest BCUT2D eigenvalue weighted by molar-refractivity contribution is -0.161. The van der Waals surface area contributed by atoms with Crippen LogP contribution >= 0.6 is 0 Å². The quantitative estimate of drug-likeness (QED) is 0.0408. The average Bonchev–Trinajstić information content (AvgIpc) is 1.64. The van der Waals surface area contributed by atoms with Gasteiger partial charge in [-0.3, -0.25) is 43.2 Å². The van der Waals surface area contributed by atoms with Crippen LogP contribution in [0.4, 0.5) is 0 Å². The molecule has 0 saturated heterocycles. The Balaban J connectivity index is -0.000000165. The fourth-order valence-corrected chi connectivity index (χ4v) is 8.84. The number of hydrogen-bond donors (Lipinski definition) is 5. The van der Waals surface area contributed by atoms with E-state index in [1.165, 1.54) is 6.08 Å². The maximum absolute atomic E-state index is 11.5. The molecule has 26 nitrogen and oxygen atoms in total. The summed E-state index contributed by atoms with van der Waals surface area (Å²) in [6.45, 7) is 112. The molecule has 0 spiro atoms. The van der Waals surface area contributed by atoms with Gasteiger partial charge >= 0.3 is 17.9 Å². The molecular formula is C114H221NO25. The van der Waals surface area contributed by atoms with Crippen molar-refractivity contribution in [3.05, 3.63) is 35.8 Å². The highest BCUT2D eigenvalue weighted by Crippen LogP contribution is 2.42. The van der Waals surface area contributed by atoms with E-state index in [9.17, 15) is 52.7 Å². The molecule has 0 aliphatic heterocycles. The summed E-state index contributed by atoms with van der Waals surface area (Å²) >= 11 is 0. The Morgan fingerprint density at radius 2 is 0.657 bits per heavy atom. The van der Waals surface area contributed by atoms with Gasteiger partial charge in [0.15, 0.2) is 40.5 Å². The van der Waals surface area contributed by atoms with E-state index in [1.807, 2.05) is 54.5 Å². The number of Topliss-reactive ketones (excluding diaryl/α,β-unsaturated/α-hetero) is 7. The summed E-state index contributed by atoms with van der Waals surface area (Å²) in [6.07, 6.45) is 10.7. The maximum Gasteiger partial charge on any atom is 0.329 e. The molecule has 140 heavy (non-hydrogen) atoms. The van der Waals surface area contributed by atoms with Crippen LogP contribution in [0.5, 0.6) is 0 Å². The third-order valence-electron chi connectivity index (χ3n) is 20.3. The molecule has 1 heterocycles. The van der Waals surface area contributed by atoms with Crippen molar-refractivity contribution in [1.29, 1.82) is 0 Å². The van der Waals surface area contributed by atoms with Crippen LogP contribution in [0.15, 0.2) is 28.7 Å². The Kier molecular flexibility index (Phi) is 72.4. The van der Waals surface area contributed by atoms with E-state index < -0.39 is 62.5 Å². The second kappa shape index (κ2) is 65.7. The highest BCUT2D eigenvalue weighted by Gasteiger charge is 2.49. The SMILES string of the molecule is C.CC(=O)C(C)(C)OCC(C)(C)C.CC(=O)C(C)(C)OCC(C)(C)C.CC(=O)C(C)(C)OCC(C)(C)C.CC(=O)C1(OCC(C)(C)C)CC1.CC(=O)C1(OCC(C)(C)C)CCC1.CC(C)(C)C(=O)O.CC(C)(C)C/C=C/C(=O)O.CC(C)(C)COCC(=O)O.CC(C)(C)c1ccc(CO)o1.CCC(C)(OCC(C)(C)C)C(C)=O.CCC(CC)(OCC(C)(C)C)C(C)=O.CNC(=O)C(C)(C)OCC(C)(C)C. The Morgan fingerprint density at radius 3 is 0.836 bits per heavy atom. The van der Waals surface area contributed by atoms with Crippen LogP contribution in [0.1, 0.15) is 458 Å². The molecule has 2 aliphatic carbocycles. The van der Waals surface area contributed by atoms with Gasteiger partial charge in [0.2, 0.25) is 0 Å². The van der Waals surface area contributed by atoms with Crippen LogP contribution in [-0.2, 0) is 107 Å². The van der Waals surface area contributed by atoms with Gasteiger partial charge in [0, 0.05) is 18.5 Å². The third-order valence-corrected chi connectivity index (χ3v) is 20.3. The van der Waals surface area contributed by atoms with Crippen molar-refractivity contribution in [2.75, 3.05) is 73.1 Å². The van der Waals surface area contributed by atoms with E-state index in [1.54, 1.807) is 144 Å². The number of carbonyl (C=O) groups excluding carboxylic acids is 8. The minimum Gasteiger partial charge on any atom is -0.481 e. The first-order valence-corrected chi connectivity index (χ1v) is 49.7. The van der Waals surface area contributed by atoms with Gasteiger partial charge in [-0.15, -0.1) is 0 Å². The number of aliphatic carboxylic acids is 3. The van der Waals surface area contributed by atoms with Gasteiger partial charge in [0.1, 0.15) is 69.5 Å². The molecule has 0 aromatic carbocycles. The maximum atomic E-state index is 11.5. The Morgan fingerprint density at radius 1 is 0.371 bits per heavy atom. The Bertz CT molecular complexity index is 3510. The standard InChI is InChI=1S/C12H24O2.C11H20O2.C11H22O2.C10H21NO2.C10H18O2.3C10H20O2.C9H14O2.C8H14O2.C7H14O3.C5H10O2.CH4/c1-7-12(8-2,10(3)13)14-9-11(4,5)6;1-9(12)11(6-5-7-11)13-8-10(2,3)4;1-7-11(6,9(2)12)13-8-10(3,4)5;1-9(2,3)7-13-10(4,5)8(12)11-6;1-8(11)10(5-6-10)12-7-9(2,3)4;3*1-8(11)10(5,6)12-7-9(2,3)4;1-9(2,3)8-5-4-7(6-10)11-8;1-8(2,3)6-4-5-7(9)10;1-7(2,3)5-10-4-6(8)9;1-5(2,3)4(6)7;/h7-9H2,1-6H3;5-8H2,1-4H3;7-8H2,1-6H3;7H2,1-6H3,(H,11,12);5-7H2,1-4H3;3*7H2,1-6H3;4-5,10H,6H2,1-3H3;4-5H,6H2,1-3H3,(H,9,10);4-5H2,1-3H3,(H,8,9);1-3H3,(H,6,7);1H4/b;;;;;;;;;5-4+;;;. The van der Waals surface area contributed by atoms with Crippen LogP contribution in [0, 0.1) is 59.6 Å². The van der Waals surface area contributed by atoms with E-state index in [0.29, 0.717) is 65.2 Å². The molecule has 1 aromatic rings. The lowest BCUT2D eigenvalue weighted by Crippen LogP contribution is -2.48. The van der Waals surface area contributed by atoms with Crippen LogP contribution < -0.4 is 5.32 Å². The minimum atomic E-state index is -0.913. The topological polar surface area (TPSA) is 377 Å². The van der Waals surface area contributed by atoms with Crippen LogP contribution in [0.25, 0.3) is 0 Å². The van der Waals surface area contributed by atoms with Gasteiger partial charge < -0.3 is 72.8 Å². The molecule has 2 fully saturated rings. The average molecular weight is 2010 g/mol. The summed E-state index contributed by atoms with van der Waals surface area (Å²) in [5.74, 6) is -0.208. The molecule has 2 aliphatic rings. The van der Waals surface area contributed by atoms with E-state index in [-0.39, 0.29) is 132 Å². The van der Waals surface area contributed by atoms with E-state index in [0.717, 1.165) is 63.5 Å². The Hall–Kier alpha value is -5.81. The molecular weight excluding hydrogens is 1780 g/mol. The number of ketones is 7. The summed E-state index contributed by atoms with van der Waals surface area (Å²) in [6, 6.07) is 3.71. The van der Waals surface area contributed by atoms with Crippen molar-refractivity contribution >= 4 is 64.3 Å². The molecule has 0 radical (unpaired) electrons. The highest BCUT2D eigenvalue weighted by molar-refractivity contribution is 5.88. The van der Waals surface area contributed by atoms with Crippen molar-refractivity contribution in [2.24, 2.45) is 59.6 Å². The van der Waals surface area contributed by atoms with Gasteiger partial charge in [-0.2, -0.15) is 0 Å². The van der Waals surface area contributed by atoms with Crippen molar-refractivity contribution in [3.63, 3.8) is 0 Å². The number of aliphatic hydroxyl groups is 1.